The number of amides is 1. The zero-order chi connectivity index (χ0) is 13.9. The van der Waals surface area contributed by atoms with E-state index in [1.54, 1.807) is 0 Å². The van der Waals surface area contributed by atoms with Crippen LogP contribution in [0.3, 0.4) is 0 Å². The number of benzene rings is 3. The monoisotopic (exact) mass is 266 g/mol. The standard InChI is InChI=1S/C16H14N2O2/c17-20-16(19)18-10-15-13-7-3-1-5-11(13)9-12-6-2-4-8-14(12)15/h1-9H,10,17H2,(H,18,19). The van der Waals surface area contributed by atoms with E-state index < -0.39 is 6.09 Å². The van der Waals surface area contributed by atoms with Gasteiger partial charge in [0.05, 0.1) is 0 Å². The zero-order valence-electron chi connectivity index (χ0n) is 10.8. The van der Waals surface area contributed by atoms with E-state index in [2.05, 4.69) is 28.4 Å². The van der Waals surface area contributed by atoms with Crippen molar-refractivity contribution in [2.75, 3.05) is 0 Å². The van der Waals surface area contributed by atoms with Crippen LogP contribution in [0.15, 0.2) is 54.6 Å². The molecule has 0 aromatic heterocycles. The van der Waals surface area contributed by atoms with E-state index >= 15 is 0 Å². The molecule has 4 heteroatoms. The van der Waals surface area contributed by atoms with Crippen LogP contribution in [-0.2, 0) is 11.4 Å². The van der Waals surface area contributed by atoms with Gasteiger partial charge in [0.25, 0.3) is 0 Å². The van der Waals surface area contributed by atoms with Crippen molar-refractivity contribution in [2.45, 2.75) is 6.54 Å². The van der Waals surface area contributed by atoms with Crippen molar-refractivity contribution < 1.29 is 9.63 Å². The second-order valence-electron chi connectivity index (χ2n) is 4.56. The van der Waals surface area contributed by atoms with Gasteiger partial charge in [-0.25, -0.2) is 4.79 Å². The normalized spacial score (nSPS) is 10.7. The average molecular weight is 266 g/mol. The van der Waals surface area contributed by atoms with Gasteiger partial charge in [0.15, 0.2) is 0 Å². The van der Waals surface area contributed by atoms with Gasteiger partial charge < -0.3 is 10.2 Å². The Morgan fingerprint density at radius 3 is 2.10 bits per heavy atom. The lowest BCUT2D eigenvalue weighted by Gasteiger charge is -2.11. The number of hydrogen-bond donors (Lipinski definition) is 2. The van der Waals surface area contributed by atoms with Crippen LogP contribution in [0.1, 0.15) is 5.56 Å². The van der Waals surface area contributed by atoms with Crippen LogP contribution in [0.5, 0.6) is 0 Å². The third-order valence-electron chi connectivity index (χ3n) is 3.40. The molecule has 0 spiro atoms. The average Bonchev–Trinajstić information content (AvgIpc) is 2.51. The highest BCUT2D eigenvalue weighted by molar-refractivity contribution is 6.02. The molecular formula is C16H14N2O2. The molecule has 3 rings (SSSR count). The number of carbonyl (C=O) groups excluding carboxylic acids is 1. The minimum absolute atomic E-state index is 0.373. The van der Waals surface area contributed by atoms with E-state index in [1.807, 2.05) is 36.4 Å². The minimum atomic E-state index is -0.637. The highest BCUT2D eigenvalue weighted by atomic mass is 16.7. The van der Waals surface area contributed by atoms with Crippen molar-refractivity contribution in [3.63, 3.8) is 0 Å². The minimum Gasteiger partial charge on any atom is -0.357 e. The Labute approximate surface area is 116 Å². The maximum Gasteiger partial charge on any atom is 0.426 e. The molecule has 1 amide bonds. The van der Waals surface area contributed by atoms with E-state index in [1.165, 1.54) is 0 Å². The van der Waals surface area contributed by atoms with Crippen molar-refractivity contribution in [3.05, 3.63) is 60.2 Å². The maximum atomic E-state index is 11.2. The molecule has 0 unspecified atom stereocenters. The highest BCUT2D eigenvalue weighted by Crippen LogP contribution is 2.28. The van der Waals surface area contributed by atoms with Crippen LogP contribution in [0.25, 0.3) is 21.5 Å². The molecule has 0 aliphatic rings. The summed E-state index contributed by atoms with van der Waals surface area (Å²) in [5.74, 6) is 4.85. The van der Waals surface area contributed by atoms with Crippen LogP contribution in [0.4, 0.5) is 4.79 Å². The first-order chi connectivity index (χ1) is 9.79. The van der Waals surface area contributed by atoms with Crippen LogP contribution >= 0.6 is 0 Å². The Kier molecular flexibility index (Phi) is 3.23. The molecule has 3 aromatic rings. The largest absolute Gasteiger partial charge is 0.426 e. The fourth-order valence-electron chi connectivity index (χ4n) is 2.50. The summed E-state index contributed by atoms with van der Waals surface area (Å²) in [5.41, 5.74) is 1.06. The third-order valence-corrected chi connectivity index (χ3v) is 3.40. The number of nitrogens with one attached hydrogen (secondary N) is 1. The van der Waals surface area contributed by atoms with E-state index in [4.69, 9.17) is 5.90 Å². The Bertz CT molecular complexity index is 730. The molecule has 0 atom stereocenters. The van der Waals surface area contributed by atoms with Gasteiger partial charge in [-0.15, -0.1) is 0 Å². The lowest BCUT2D eigenvalue weighted by Crippen LogP contribution is -2.26. The van der Waals surface area contributed by atoms with Crippen molar-refractivity contribution in [3.8, 4) is 0 Å². The molecule has 4 nitrogen and oxygen atoms in total. The van der Waals surface area contributed by atoms with Gasteiger partial charge in [0.1, 0.15) is 0 Å². The molecule has 100 valence electrons. The summed E-state index contributed by atoms with van der Waals surface area (Å²) < 4.78 is 0. The smallest absolute Gasteiger partial charge is 0.357 e. The molecule has 0 bridgehead atoms. The van der Waals surface area contributed by atoms with Crippen LogP contribution in [-0.4, -0.2) is 6.09 Å². The van der Waals surface area contributed by atoms with Gasteiger partial charge in [-0.1, -0.05) is 48.5 Å². The zero-order valence-corrected chi connectivity index (χ0v) is 10.8. The molecule has 3 aromatic carbocycles. The van der Waals surface area contributed by atoms with Gasteiger partial charge in [-0.2, -0.15) is 5.90 Å². The van der Waals surface area contributed by atoms with Gasteiger partial charge in [0, 0.05) is 6.54 Å². The van der Waals surface area contributed by atoms with Gasteiger partial charge in [-0.3, -0.25) is 0 Å². The summed E-state index contributed by atoms with van der Waals surface area (Å²) in [6.07, 6.45) is -0.637. The summed E-state index contributed by atoms with van der Waals surface area (Å²) in [6, 6.07) is 18.3. The Balaban J connectivity index is 2.20. The molecular weight excluding hydrogens is 252 g/mol. The molecule has 20 heavy (non-hydrogen) atoms. The maximum absolute atomic E-state index is 11.2. The van der Waals surface area contributed by atoms with Gasteiger partial charge >= 0.3 is 6.09 Å². The van der Waals surface area contributed by atoms with Crippen LogP contribution < -0.4 is 11.2 Å². The predicted molar refractivity (Wildman–Crippen MR) is 79.0 cm³/mol. The summed E-state index contributed by atoms with van der Waals surface area (Å²) in [4.78, 5) is 15.3. The Morgan fingerprint density at radius 1 is 1.00 bits per heavy atom. The summed E-state index contributed by atoms with van der Waals surface area (Å²) in [5, 5.41) is 7.16. The summed E-state index contributed by atoms with van der Waals surface area (Å²) in [6.45, 7) is 0.373. The molecule has 0 fully saturated rings. The van der Waals surface area contributed by atoms with E-state index in [9.17, 15) is 4.79 Å². The molecule has 0 heterocycles. The van der Waals surface area contributed by atoms with Crippen molar-refractivity contribution in [1.29, 1.82) is 0 Å². The van der Waals surface area contributed by atoms with Gasteiger partial charge in [0.2, 0.25) is 0 Å². The SMILES string of the molecule is NOC(=O)NCc1c2ccccc2cc2ccccc12. The number of carbonyl (C=O) groups is 1. The fourth-order valence-corrected chi connectivity index (χ4v) is 2.50. The predicted octanol–water partition coefficient (Wildman–Crippen LogP) is 3.09. The highest BCUT2D eigenvalue weighted by Gasteiger charge is 2.08. The Morgan fingerprint density at radius 2 is 1.55 bits per heavy atom. The van der Waals surface area contributed by atoms with E-state index in [-0.39, 0.29) is 0 Å². The number of nitrogens with two attached hydrogens (primary N) is 1. The fraction of sp³-hybridized carbons (Fsp3) is 0.0625. The molecule has 0 saturated heterocycles. The first-order valence-corrected chi connectivity index (χ1v) is 6.33. The number of rotatable bonds is 2. The lowest BCUT2D eigenvalue weighted by atomic mass is 9.97. The topological polar surface area (TPSA) is 64.3 Å². The first kappa shape index (κ1) is 12.4. The molecule has 0 aliphatic heterocycles. The second-order valence-corrected chi connectivity index (χ2v) is 4.56. The Hall–Kier alpha value is -2.59. The second kappa shape index (κ2) is 5.19. The van der Waals surface area contributed by atoms with E-state index in [0.29, 0.717) is 6.54 Å². The summed E-state index contributed by atoms with van der Waals surface area (Å²) >= 11 is 0. The molecule has 0 aliphatic carbocycles. The first-order valence-electron chi connectivity index (χ1n) is 6.33. The van der Waals surface area contributed by atoms with Gasteiger partial charge in [-0.05, 0) is 33.2 Å². The van der Waals surface area contributed by atoms with Crippen molar-refractivity contribution in [2.24, 2.45) is 5.90 Å². The van der Waals surface area contributed by atoms with Crippen LogP contribution in [0.2, 0.25) is 0 Å². The van der Waals surface area contributed by atoms with Crippen molar-refractivity contribution >= 4 is 27.6 Å². The number of hydrogen-bond acceptors (Lipinski definition) is 3. The van der Waals surface area contributed by atoms with Crippen molar-refractivity contribution in [1.82, 2.24) is 5.32 Å². The molecule has 0 saturated carbocycles. The van der Waals surface area contributed by atoms with E-state index in [0.717, 1.165) is 27.1 Å². The number of fused-ring (bicyclic) bond motifs is 2. The lowest BCUT2D eigenvalue weighted by molar-refractivity contribution is 0.147. The van der Waals surface area contributed by atoms with Crippen LogP contribution in [0, 0.1) is 0 Å². The quantitative estimate of drug-likeness (QED) is 0.553. The summed E-state index contributed by atoms with van der Waals surface area (Å²) in [7, 11) is 0. The molecule has 0 radical (unpaired) electrons. The third kappa shape index (κ3) is 2.17. The molecule has 3 N–H and O–H groups in total.